The first kappa shape index (κ1) is 12.9. The minimum absolute atomic E-state index is 0.239. The van der Waals surface area contributed by atoms with E-state index in [0.717, 1.165) is 13.1 Å². The van der Waals surface area contributed by atoms with Gasteiger partial charge in [0.1, 0.15) is 0 Å². The summed E-state index contributed by atoms with van der Waals surface area (Å²) in [6.07, 6.45) is 6.23. The van der Waals surface area contributed by atoms with Gasteiger partial charge in [-0.1, -0.05) is 19.3 Å². The lowest BCUT2D eigenvalue weighted by Crippen LogP contribution is -2.43. The van der Waals surface area contributed by atoms with Crippen molar-refractivity contribution in [2.24, 2.45) is 11.7 Å². The van der Waals surface area contributed by atoms with E-state index in [1.807, 2.05) is 6.92 Å². The van der Waals surface area contributed by atoms with Gasteiger partial charge in [0.15, 0.2) is 0 Å². The van der Waals surface area contributed by atoms with E-state index in [-0.39, 0.29) is 6.10 Å². The Morgan fingerprint density at radius 2 is 2.00 bits per heavy atom. The maximum atomic E-state index is 9.41. The standard InChI is InChI=1S/C12H26N2O/c1-10(15)9-14(2)12-7-5-3-4-6-11(12)8-13/h10-12,15H,3-9,13H2,1-2H3. The molecule has 1 rings (SSSR count). The second-order valence-corrected chi connectivity index (χ2v) is 4.99. The third kappa shape index (κ3) is 4.09. The van der Waals surface area contributed by atoms with Gasteiger partial charge >= 0.3 is 0 Å². The van der Waals surface area contributed by atoms with Crippen molar-refractivity contribution in [3.63, 3.8) is 0 Å². The van der Waals surface area contributed by atoms with E-state index < -0.39 is 0 Å². The molecular weight excluding hydrogens is 188 g/mol. The zero-order valence-electron chi connectivity index (χ0n) is 10.2. The largest absolute Gasteiger partial charge is 0.392 e. The number of aliphatic hydroxyl groups is 1. The van der Waals surface area contributed by atoms with Crippen molar-refractivity contribution in [2.75, 3.05) is 20.1 Å². The second-order valence-electron chi connectivity index (χ2n) is 4.99. The summed E-state index contributed by atoms with van der Waals surface area (Å²) in [6, 6.07) is 0.576. The number of rotatable bonds is 4. The summed E-state index contributed by atoms with van der Waals surface area (Å²) in [5.41, 5.74) is 5.84. The third-order valence-electron chi connectivity index (χ3n) is 3.54. The first-order valence-corrected chi connectivity index (χ1v) is 6.23. The van der Waals surface area contributed by atoms with Gasteiger partial charge in [0.25, 0.3) is 0 Å². The van der Waals surface area contributed by atoms with E-state index >= 15 is 0 Å². The summed E-state index contributed by atoms with van der Waals surface area (Å²) < 4.78 is 0. The van der Waals surface area contributed by atoms with Crippen LogP contribution in [0.3, 0.4) is 0 Å². The molecule has 0 radical (unpaired) electrons. The summed E-state index contributed by atoms with van der Waals surface area (Å²) in [5, 5.41) is 9.41. The Morgan fingerprint density at radius 1 is 1.33 bits per heavy atom. The van der Waals surface area contributed by atoms with Gasteiger partial charge in [-0.3, -0.25) is 0 Å². The summed E-state index contributed by atoms with van der Waals surface area (Å²) in [6.45, 7) is 3.40. The smallest absolute Gasteiger partial charge is 0.0639 e. The van der Waals surface area contributed by atoms with E-state index in [4.69, 9.17) is 5.73 Å². The van der Waals surface area contributed by atoms with Gasteiger partial charge < -0.3 is 15.7 Å². The van der Waals surface area contributed by atoms with Crippen molar-refractivity contribution < 1.29 is 5.11 Å². The normalized spacial score (nSPS) is 30.2. The van der Waals surface area contributed by atoms with Gasteiger partial charge in [-0.15, -0.1) is 0 Å². The number of hydrogen-bond acceptors (Lipinski definition) is 3. The van der Waals surface area contributed by atoms with Gasteiger partial charge in [0.05, 0.1) is 6.10 Å². The fourth-order valence-corrected chi connectivity index (χ4v) is 2.77. The highest BCUT2D eigenvalue weighted by Gasteiger charge is 2.26. The maximum Gasteiger partial charge on any atom is 0.0639 e. The van der Waals surface area contributed by atoms with Gasteiger partial charge in [-0.2, -0.15) is 0 Å². The fourth-order valence-electron chi connectivity index (χ4n) is 2.77. The Morgan fingerprint density at radius 3 is 2.60 bits per heavy atom. The number of nitrogens with two attached hydrogens (primary N) is 1. The van der Waals surface area contributed by atoms with Crippen molar-refractivity contribution in [3.05, 3.63) is 0 Å². The molecule has 1 aliphatic carbocycles. The van der Waals surface area contributed by atoms with E-state index in [1.165, 1.54) is 32.1 Å². The van der Waals surface area contributed by atoms with Crippen molar-refractivity contribution in [1.82, 2.24) is 4.90 Å². The molecule has 0 spiro atoms. The minimum atomic E-state index is -0.239. The molecule has 1 aliphatic rings. The van der Waals surface area contributed by atoms with Crippen LogP contribution in [0.4, 0.5) is 0 Å². The maximum absolute atomic E-state index is 9.41. The lowest BCUT2D eigenvalue weighted by atomic mass is 9.93. The number of aliphatic hydroxyl groups excluding tert-OH is 1. The van der Waals surface area contributed by atoms with E-state index in [0.29, 0.717) is 12.0 Å². The van der Waals surface area contributed by atoms with Crippen LogP contribution in [0.2, 0.25) is 0 Å². The molecule has 3 heteroatoms. The Balaban J connectivity index is 2.53. The van der Waals surface area contributed by atoms with Crippen molar-refractivity contribution in [3.8, 4) is 0 Å². The van der Waals surface area contributed by atoms with Crippen LogP contribution in [0, 0.1) is 5.92 Å². The van der Waals surface area contributed by atoms with E-state index in [1.54, 1.807) is 0 Å². The van der Waals surface area contributed by atoms with Crippen LogP contribution in [0.5, 0.6) is 0 Å². The summed E-state index contributed by atoms with van der Waals surface area (Å²) >= 11 is 0. The molecule has 3 nitrogen and oxygen atoms in total. The molecule has 3 unspecified atom stereocenters. The first-order valence-electron chi connectivity index (χ1n) is 6.23. The van der Waals surface area contributed by atoms with E-state index in [2.05, 4.69) is 11.9 Å². The molecule has 90 valence electrons. The second kappa shape index (κ2) is 6.46. The first-order chi connectivity index (χ1) is 7.15. The lowest BCUT2D eigenvalue weighted by Gasteiger charge is -2.33. The molecule has 0 aromatic rings. The molecule has 0 amide bonds. The van der Waals surface area contributed by atoms with Gasteiger partial charge in [0, 0.05) is 12.6 Å². The van der Waals surface area contributed by atoms with Gasteiger partial charge in [-0.25, -0.2) is 0 Å². The zero-order valence-corrected chi connectivity index (χ0v) is 10.2. The molecule has 1 saturated carbocycles. The Hall–Kier alpha value is -0.120. The molecule has 3 N–H and O–H groups in total. The molecule has 3 atom stereocenters. The van der Waals surface area contributed by atoms with Crippen molar-refractivity contribution >= 4 is 0 Å². The molecule has 0 aromatic carbocycles. The highest BCUT2D eigenvalue weighted by Crippen LogP contribution is 2.26. The van der Waals surface area contributed by atoms with Crippen LogP contribution >= 0.6 is 0 Å². The minimum Gasteiger partial charge on any atom is -0.392 e. The quantitative estimate of drug-likeness (QED) is 0.692. The van der Waals surface area contributed by atoms with Crippen LogP contribution in [0.1, 0.15) is 39.0 Å². The van der Waals surface area contributed by atoms with E-state index in [9.17, 15) is 5.11 Å². The number of nitrogens with zero attached hydrogens (tertiary/aromatic N) is 1. The fraction of sp³-hybridized carbons (Fsp3) is 1.00. The highest BCUT2D eigenvalue weighted by atomic mass is 16.3. The van der Waals surface area contributed by atoms with Crippen molar-refractivity contribution in [1.29, 1.82) is 0 Å². The predicted octanol–water partition coefficient (Wildman–Crippen LogP) is 1.21. The molecule has 0 aliphatic heterocycles. The topological polar surface area (TPSA) is 49.5 Å². The number of hydrogen-bond donors (Lipinski definition) is 2. The average molecular weight is 214 g/mol. The number of likely N-dealkylation sites (N-methyl/N-ethyl adjacent to an activating group) is 1. The summed E-state index contributed by atoms with van der Waals surface area (Å²) in [4.78, 5) is 2.30. The van der Waals surface area contributed by atoms with Gasteiger partial charge in [0.2, 0.25) is 0 Å². The molecule has 0 saturated heterocycles. The van der Waals surface area contributed by atoms with Crippen LogP contribution in [-0.4, -0.2) is 42.3 Å². The Bertz CT molecular complexity index is 173. The molecule has 0 aromatic heterocycles. The Labute approximate surface area is 93.6 Å². The lowest BCUT2D eigenvalue weighted by molar-refractivity contribution is 0.0920. The van der Waals surface area contributed by atoms with Crippen molar-refractivity contribution in [2.45, 2.75) is 51.2 Å². The van der Waals surface area contributed by atoms with Gasteiger partial charge in [-0.05, 0) is 39.3 Å². The monoisotopic (exact) mass is 214 g/mol. The summed E-state index contributed by atoms with van der Waals surface area (Å²) in [5.74, 6) is 0.622. The summed E-state index contributed by atoms with van der Waals surface area (Å²) in [7, 11) is 2.12. The average Bonchev–Trinajstić information content (AvgIpc) is 2.40. The zero-order chi connectivity index (χ0) is 11.3. The Kier molecular flexibility index (Phi) is 5.58. The van der Waals surface area contributed by atoms with Crippen LogP contribution in [0.25, 0.3) is 0 Å². The molecule has 0 bridgehead atoms. The molecular formula is C12H26N2O. The molecule has 0 heterocycles. The van der Waals surface area contributed by atoms with Crippen LogP contribution in [0.15, 0.2) is 0 Å². The van der Waals surface area contributed by atoms with Crippen LogP contribution in [-0.2, 0) is 0 Å². The SMILES string of the molecule is CC(O)CN(C)C1CCCCCC1CN. The van der Waals surface area contributed by atoms with Crippen LogP contribution < -0.4 is 5.73 Å². The predicted molar refractivity (Wildman–Crippen MR) is 63.7 cm³/mol. The molecule has 1 fully saturated rings. The highest BCUT2D eigenvalue weighted by molar-refractivity contribution is 4.81. The third-order valence-corrected chi connectivity index (χ3v) is 3.54. The molecule has 15 heavy (non-hydrogen) atoms.